The lowest BCUT2D eigenvalue weighted by Gasteiger charge is -2.34. The van der Waals surface area contributed by atoms with Crippen LogP contribution >= 0.6 is 0 Å². The first-order valence-electron chi connectivity index (χ1n) is 8.76. The van der Waals surface area contributed by atoms with Gasteiger partial charge < -0.3 is 0 Å². The van der Waals surface area contributed by atoms with E-state index in [1.807, 2.05) is 30.3 Å². The molecule has 0 saturated carbocycles. The third kappa shape index (κ3) is 3.00. The van der Waals surface area contributed by atoms with Gasteiger partial charge in [0.1, 0.15) is 6.67 Å². The molecule has 0 nitrogen and oxygen atoms in total. The van der Waals surface area contributed by atoms with Crippen LogP contribution in [0.3, 0.4) is 0 Å². The average Bonchev–Trinajstić information content (AvgIpc) is 2.63. The van der Waals surface area contributed by atoms with Gasteiger partial charge in [-0.05, 0) is 66.6 Å². The molecule has 0 amide bonds. The van der Waals surface area contributed by atoms with Crippen LogP contribution in [-0.4, -0.2) is 6.67 Å². The van der Waals surface area contributed by atoms with E-state index in [0.717, 1.165) is 16.7 Å². The van der Waals surface area contributed by atoms with Crippen LogP contribution in [0.15, 0.2) is 66.7 Å². The second kappa shape index (κ2) is 6.84. The van der Waals surface area contributed by atoms with Crippen molar-refractivity contribution in [2.45, 2.75) is 33.1 Å². The summed E-state index contributed by atoms with van der Waals surface area (Å²) in [5, 5.41) is 0. The Morgan fingerprint density at radius 3 is 1.48 bits per heavy atom. The fraction of sp³-hybridized carbons (Fsp3) is 0.250. The molecule has 0 unspecified atom stereocenters. The topological polar surface area (TPSA) is 0 Å². The number of benzene rings is 3. The van der Waals surface area contributed by atoms with E-state index in [4.69, 9.17) is 0 Å². The van der Waals surface area contributed by atoms with Crippen molar-refractivity contribution in [2.75, 3.05) is 6.67 Å². The van der Waals surface area contributed by atoms with E-state index >= 15 is 0 Å². The van der Waals surface area contributed by atoms with Crippen molar-refractivity contribution in [3.8, 4) is 0 Å². The molecule has 0 spiro atoms. The Bertz CT molecular complexity index is 826. The molecule has 0 heterocycles. The zero-order valence-electron chi connectivity index (χ0n) is 15.4. The summed E-state index contributed by atoms with van der Waals surface area (Å²) in [5.41, 5.74) is 7.06. The van der Waals surface area contributed by atoms with Gasteiger partial charge in [0.2, 0.25) is 0 Å². The maximum atomic E-state index is 14.8. The molecule has 0 aliphatic rings. The molecule has 0 N–H and O–H groups in total. The smallest absolute Gasteiger partial charge is 0.107 e. The maximum absolute atomic E-state index is 14.8. The van der Waals surface area contributed by atoms with E-state index in [-0.39, 0.29) is 0 Å². The number of aryl methyl sites for hydroxylation is 4. The third-order valence-electron chi connectivity index (χ3n) is 5.47. The van der Waals surface area contributed by atoms with Crippen molar-refractivity contribution in [3.05, 3.63) is 106 Å². The maximum Gasteiger partial charge on any atom is 0.107 e. The molecule has 3 aromatic rings. The Morgan fingerprint density at radius 2 is 1.08 bits per heavy atom. The molecule has 0 fully saturated rings. The van der Waals surface area contributed by atoms with Gasteiger partial charge in [0.05, 0.1) is 5.41 Å². The molecule has 0 aliphatic carbocycles. The van der Waals surface area contributed by atoms with E-state index in [0.29, 0.717) is 0 Å². The molecule has 0 bridgehead atoms. The highest BCUT2D eigenvalue weighted by molar-refractivity contribution is 5.53. The fourth-order valence-corrected chi connectivity index (χ4v) is 3.47. The van der Waals surface area contributed by atoms with Crippen LogP contribution in [0, 0.1) is 27.7 Å². The summed E-state index contributed by atoms with van der Waals surface area (Å²) in [4.78, 5) is 0. The predicted molar refractivity (Wildman–Crippen MR) is 104 cm³/mol. The van der Waals surface area contributed by atoms with Crippen LogP contribution in [0.25, 0.3) is 0 Å². The average molecular weight is 332 g/mol. The largest absolute Gasteiger partial charge is 0.249 e. The Balaban J connectivity index is 2.33. The van der Waals surface area contributed by atoms with Crippen molar-refractivity contribution in [1.82, 2.24) is 0 Å². The summed E-state index contributed by atoms with van der Waals surface area (Å²) in [6, 6.07) is 22.6. The summed E-state index contributed by atoms with van der Waals surface area (Å²) >= 11 is 0. The third-order valence-corrected chi connectivity index (χ3v) is 5.47. The minimum absolute atomic E-state index is 0.470. The first kappa shape index (κ1) is 17.4. The molecule has 3 rings (SSSR count). The van der Waals surface area contributed by atoms with Gasteiger partial charge in [0, 0.05) is 0 Å². The molecule has 0 atom stereocenters. The van der Waals surface area contributed by atoms with Gasteiger partial charge in [0.15, 0.2) is 0 Å². The van der Waals surface area contributed by atoms with E-state index in [9.17, 15) is 4.39 Å². The summed E-state index contributed by atoms with van der Waals surface area (Å²) in [5.74, 6) is 0. The van der Waals surface area contributed by atoms with Crippen LogP contribution in [-0.2, 0) is 5.41 Å². The molecule has 0 saturated heterocycles. The lowest BCUT2D eigenvalue weighted by atomic mass is 9.69. The zero-order valence-corrected chi connectivity index (χ0v) is 15.4. The van der Waals surface area contributed by atoms with Gasteiger partial charge in [-0.3, -0.25) is 0 Å². The van der Waals surface area contributed by atoms with Crippen molar-refractivity contribution in [2.24, 2.45) is 0 Å². The first-order chi connectivity index (χ1) is 12.0. The SMILES string of the molecule is Cc1ccc(C(CF)(c2ccccc2)c2ccc(C)c(C)c2)cc1C. The Morgan fingerprint density at radius 1 is 0.600 bits per heavy atom. The van der Waals surface area contributed by atoms with E-state index in [1.54, 1.807) is 0 Å². The molecule has 0 aliphatic heterocycles. The summed E-state index contributed by atoms with van der Waals surface area (Å²) < 4.78 is 14.8. The predicted octanol–water partition coefficient (Wildman–Crippen LogP) is 6.22. The van der Waals surface area contributed by atoms with Crippen LogP contribution in [0.4, 0.5) is 4.39 Å². The van der Waals surface area contributed by atoms with Crippen LogP contribution in [0.1, 0.15) is 38.9 Å². The standard InChI is InChI=1S/C24H25F/c1-17-10-12-22(14-19(17)3)24(16-25,21-8-6-5-7-9-21)23-13-11-18(2)20(4)15-23/h5-15H,16H2,1-4H3. The normalized spacial score (nSPS) is 11.6. The number of halogens is 1. The zero-order chi connectivity index (χ0) is 18.0. The highest BCUT2D eigenvalue weighted by atomic mass is 19.1. The molecule has 0 aromatic heterocycles. The van der Waals surface area contributed by atoms with Gasteiger partial charge in [-0.1, -0.05) is 66.7 Å². The van der Waals surface area contributed by atoms with Crippen molar-refractivity contribution in [3.63, 3.8) is 0 Å². The summed E-state index contributed by atoms with van der Waals surface area (Å²) in [7, 11) is 0. The molecule has 25 heavy (non-hydrogen) atoms. The monoisotopic (exact) mass is 332 g/mol. The summed E-state index contributed by atoms with van der Waals surface area (Å²) in [6.45, 7) is 7.89. The Kier molecular flexibility index (Phi) is 4.76. The lowest BCUT2D eigenvalue weighted by Crippen LogP contribution is -2.32. The Labute approximate surface area is 150 Å². The molecular formula is C24H25F. The van der Waals surface area contributed by atoms with Gasteiger partial charge >= 0.3 is 0 Å². The highest BCUT2D eigenvalue weighted by Crippen LogP contribution is 2.40. The number of rotatable bonds is 4. The molecular weight excluding hydrogens is 307 g/mol. The Hall–Kier alpha value is -2.41. The van der Waals surface area contributed by atoms with Gasteiger partial charge in [-0.25, -0.2) is 4.39 Å². The van der Waals surface area contributed by atoms with E-state index < -0.39 is 12.1 Å². The van der Waals surface area contributed by atoms with Gasteiger partial charge in [-0.15, -0.1) is 0 Å². The fourth-order valence-electron chi connectivity index (χ4n) is 3.47. The van der Waals surface area contributed by atoms with Crippen molar-refractivity contribution < 1.29 is 4.39 Å². The molecule has 128 valence electrons. The first-order valence-corrected chi connectivity index (χ1v) is 8.76. The lowest BCUT2D eigenvalue weighted by molar-refractivity contribution is 0.393. The molecule has 1 heteroatoms. The summed E-state index contributed by atoms with van der Waals surface area (Å²) in [6.07, 6.45) is 0. The quantitative estimate of drug-likeness (QED) is 0.497. The van der Waals surface area contributed by atoms with E-state index in [2.05, 4.69) is 64.1 Å². The van der Waals surface area contributed by atoms with Gasteiger partial charge in [0.25, 0.3) is 0 Å². The van der Waals surface area contributed by atoms with Crippen LogP contribution in [0.5, 0.6) is 0 Å². The molecule has 0 radical (unpaired) electrons. The number of hydrogen-bond acceptors (Lipinski definition) is 0. The molecule has 3 aromatic carbocycles. The minimum Gasteiger partial charge on any atom is -0.249 e. The minimum atomic E-state index is -0.780. The van der Waals surface area contributed by atoms with Crippen molar-refractivity contribution >= 4 is 0 Å². The van der Waals surface area contributed by atoms with Gasteiger partial charge in [-0.2, -0.15) is 0 Å². The second-order valence-electron chi connectivity index (χ2n) is 7.00. The van der Waals surface area contributed by atoms with Crippen LogP contribution in [0.2, 0.25) is 0 Å². The number of alkyl halides is 1. The highest BCUT2D eigenvalue weighted by Gasteiger charge is 2.37. The van der Waals surface area contributed by atoms with E-state index in [1.165, 1.54) is 22.3 Å². The number of hydrogen-bond donors (Lipinski definition) is 0. The second-order valence-corrected chi connectivity index (χ2v) is 7.00. The van der Waals surface area contributed by atoms with Crippen LogP contribution < -0.4 is 0 Å². The van der Waals surface area contributed by atoms with Crippen molar-refractivity contribution in [1.29, 1.82) is 0 Å².